The number of nitrogens with one attached hydrogen (secondary N) is 1. The molecule has 2 aromatic carbocycles. The highest BCUT2D eigenvalue weighted by molar-refractivity contribution is 9.11. The Morgan fingerprint density at radius 3 is 2.45 bits per heavy atom. The van der Waals surface area contributed by atoms with Crippen LogP contribution in [0.3, 0.4) is 0 Å². The molecule has 5 heteroatoms. The van der Waals surface area contributed by atoms with Crippen molar-refractivity contribution in [3.05, 3.63) is 56.5 Å². The highest BCUT2D eigenvalue weighted by Gasteiger charge is 2.10. The lowest BCUT2D eigenvalue weighted by Gasteiger charge is -2.12. The van der Waals surface area contributed by atoms with Crippen molar-refractivity contribution in [2.75, 3.05) is 11.9 Å². The highest BCUT2D eigenvalue weighted by Crippen LogP contribution is 2.32. The van der Waals surface area contributed by atoms with Gasteiger partial charge >= 0.3 is 0 Å². The molecule has 1 N–H and O–H groups in total. The summed E-state index contributed by atoms with van der Waals surface area (Å²) in [5.41, 5.74) is 2.97. The molecule has 0 saturated heterocycles. The molecule has 0 bridgehead atoms. The highest BCUT2D eigenvalue weighted by atomic mass is 79.9. The summed E-state index contributed by atoms with van der Waals surface area (Å²) in [6, 6.07) is 11.7. The van der Waals surface area contributed by atoms with Crippen molar-refractivity contribution in [2.45, 2.75) is 20.3 Å². The molecule has 0 aliphatic rings. The number of hydrogen-bond acceptors (Lipinski definition) is 2. The van der Waals surface area contributed by atoms with Gasteiger partial charge in [-0.3, -0.25) is 4.79 Å². The minimum absolute atomic E-state index is 0.0311. The summed E-state index contributed by atoms with van der Waals surface area (Å²) < 4.78 is 7.40. The van der Waals surface area contributed by atoms with Gasteiger partial charge in [0.2, 0.25) is 0 Å². The summed E-state index contributed by atoms with van der Waals surface area (Å²) in [5, 5.41) is 2.83. The number of carbonyl (C=O) groups excluding carboxylic acids is 1. The van der Waals surface area contributed by atoms with Crippen molar-refractivity contribution in [1.82, 2.24) is 0 Å². The Kier molecular flexibility index (Phi) is 6.03. The Balaban J connectivity index is 1.95. The van der Waals surface area contributed by atoms with Gasteiger partial charge in [0.25, 0.3) is 5.91 Å². The summed E-state index contributed by atoms with van der Waals surface area (Å²) in [6.07, 6.45) is 0.980. The third-order valence-corrected chi connectivity index (χ3v) is 4.23. The first kappa shape index (κ1) is 17.0. The second-order valence-electron chi connectivity index (χ2n) is 4.92. The van der Waals surface area contributed by atoms with Gasteiger partial charge in [-0.05, 0) is 64.7 Å². The molecule has 0 fully saturated rings. The van der Waals surface area contributed by atoms with Crippen molar-refractivity contribution in [3.8, 4) is 5.75 Å². The van der Waals surface area contributed by atoms with E-state index >= 15 is 0 Å². The first-order chi connectivity index (χ1) is 10.5. The fraction of sp³-hybridized carbons (Fsp3) is 0.235. The normalized spacial score (nSPS) is 10.4. The molecule has 1 amide bonds. The van der Waals surface area contributed by atoms with Crippen LogP contribution in [0.2, 0.25) is 0 Å². The van der Waals surface area contributed by atoms with Crippen LogP contribution in [0.5, 0.6) is 5.75 Å². The van der Waals surface area contributed by atoms with Crippen LogP contribution in [-0.4, -0.2) is 12.5 Å². The molecular formula is C17H17Br2NO2. The molecule has 0 atom stereocenters. The van der Waals surface area contributed by atoms with Crippen LogP contribution in [0, 0.1) is 6.92 Å². The lowest BCUT2D eigenvalue weighted by atomic mass is 10.1. The van der Waals surface area contributed by atoms with Gasteiger partial charge in [-0.2, -0.15) is 0 Å². The van der Waals surface area contributed by atoms with Crippen LogP contribution in [0.25, 0.3) is 0 Å². The maximum Gasteiger partial charge on any atom is 0.262 e. The number of halogens is 2. The van der Waals surface area contributed by atoms with Gasteiger partial charge in [-0.1, -0.05) is 35.0 Å². The summed E-state index contributed by atoms with van der Waals surface area (Å²) in [7, 11) is 0. The molecule has 0 saturated carbocycles. The van der Waals surface area contributed by atoms with Gasteiger partial charge in [0.15, 0.2) is 6.61 Å². The number of anilines is 1. The van der Waals surface area contributed by atoms with E-state index in [9.17, 15) is 4.79 Å². The topological polar surface area (TPSA) is 38.3 Å². The Hall–Kier alpha value is -1.33. The number of benzene rings is 2. The molecule has 2 aromatic rings. The number of aryl methyl sites for hydroxylation is 2. The molecule has 0 radical (unpaired) electrons. The summed E-state index contributed by atoms with van der Waals surface area (Å²) >= 11 is 6.86. The van der Waals surface area contributed by atoms with Crippen molar-refractivity contribution in [3.63, 3.8) is 0 Å². The third kappa shape index (κ3) is 4.58. The van der Waals surface area contributed by atoms with E-state index in [0.717, 1.165) is 26.6 Å². The average Bonchev–Trinajstić information content (AvgIpc) is 2.47. The van der Waals surface area contributed by atoms with Gasteiger partial charge < -0.3 is 10.1 Å². The number of carbonyl (C=O) groups is 1. The maximum absolute atomic E-state index is 12.0. The van der Waals surface area contributed by atoms with E-state index in [-0.39, 0.29) is 12.5 Å². The fourth-order valence-corrected chi connectivity index (χ4v) is 3.58. The third-order valence-electron chi connectivity index (χ3n) is 3.19. The summed E-state index contributed by atoms with van der Waals surface area (Å²) in [6.45, 7) is 4.00. The molecule has 0 spiro atoms. The predicted molar refractivity (Wildman–Crippen MR) is 96.5 cm³/mol. The first-order valence-electron chi connectivity index (χ1n) is 6.97. The first-order valence-corrected chi connectivity index (χ1v) is 8.55. The summed E-state index contributed by atoms with van der Waals surface area (Å²) in [5.74, 6) is 0.498. The molecule has 0 unspecified atom stereocenters. The van der Waals surface area contributed by atoms with E-state index in [4.69, 9.17) is 4.74 Å². The van der Waals surface area contributed by atoms with Crippen molar-refractivity contribution < 1.29 is 9.53 Å². The molecule has 0 heterocycles. The molecule has 22 heavy (non-hydrogen) atoms. The van der Waals surface area contributed by atoms with Gasteiger partial charge in [0.05, 0.1) is 4.47 Å². The average molecular weight is 427 g/mol. The molecular weight excluding hydrogens is 410 g/mol. The Bertz CT molecular complexity index is 646. The lowest BCUT2D eigenvalue weighted by molar-refractivity contribution is -0.118. The minimum atomic E-state index is -0.182. The quantitative estimate of drug-likeness (QED) is 0.722. The molecule has 0 aliphatic carbocycles. The molecule has 2 rings (SSSR count). The van der Waals surface area contributed by atoms with Gasteiger partial charge in [-0.25, -0.2) is 0 Å². The lowest BCUT2D eigenvalue weighted by Crippen LogP contribution is -2.20. The van der Waals surface area contributed by atoms with Crippen LogP contribution < -0.4 is 10.1 Å². The van der Waals surface area contributed by atoms with Gasteiger partial charge in [-0.15, -0.1) is 0 Å². The van der Waals surface area contributed by atoms with Gasteiger partial charge in [0.1, 0.15) is 5.75 Å². The number of amides is 1. The van der Waals surface area contributed by atoms with E-state index in [1.807, 2.05) is 43.3 Å². The van der Waals surface area contributed by atoms with Gasteiger partial charge in [0, 0.05) is 10.2 Å². The zero-order valence-electron chi connectivity index (χ0n) is 12.5. The van der Waals surface area contributed by atoms with Crippen molar-refractivity contribution in [1.29, 1.82) is 0 Å². The van der Waals surface area contributed by atoms with E-state index in [1.165, 1.54) is 5.56 Å². The largest absolute Gasteiger partial charge is 0.482 e. The van der Waals surface area contributed by atoms with Crippen LogP contribution in [0.4, 0.5) is 5.69 Å². The smallest absolute Gasteiger partial charge is 0.262 e. The summed E-state index contributed by atoms with van der Waals surface area (Å²) in [4.78, 5) is 12.0. The zero-order chi connectivity index (χ0) is 16.1. The van der Waals surface area contributed by atoms with Crippen LogP contribution in [0.15, 0.2) is 45.3 Å². The van der Waals surface area contributed by atoms with Crippen molar-refractivity contribution >= 4 is 43.5 Å². The van der Waals surface area contributed by atoms with E-state index in [1.54, 1.807) is 0 Å². The van der Waals surface area contributed by atoms with Crippen molar-refractivity contribution in [2.24, 2.45) is 0 Å². The molecule has 3 nitrogen and oxygen atoms in total. The second-order valence-corrected chi connectivity index (χ2v) is 6.69. The zero-order valence-corrected chi connectivity index (χ0v) is 15.6. The molecule has 116 valence electrons. The standard InChI is InChI=1S/C17H17Br2NO2/c1-3-12-4-6-14(7-5-12)20-16(21)10-22-17-11(2)8-13(18)9-15(17)19/h4-9H,3,10H2,1-2H3,(H,20,21). The van der Waals surface area contributed by atoms with Crippen LogP contribution in [-0.2, 0) is 11.2 Å². The fourth-order valence-electron chi connectivity index (χ4n) is 2.03. The second kappa shape index (κ2) is 7.79. The van der Waals surface area contributed by atoms with E-state index in [2.05, 4.69) is 44.1 Å². The van der Waals surface area contributed by atoms with E-state index in [0.29, 0.717) is 5.75 Å². The Morgan fingerprint density at radius 2 is 1.86 bits per heavy atom. The Labute approximate surface area is 147 Å². The predicted octanol–water partition coefficient (Wildman–Crippen LogP) is 5.10. The SMILES string of the molecule is CCc1ccc(NC(=O)COc2c(C)cc(Br)cc2Br)cc1. The molecule has 0 aliphatic heterocycles. The Morgan fingerprint density at radius 1 is 1.18 bits per heavy atom. The van der Waals surface area contributed by atoms with Crippen LogP contribution in [0.1, 0.15) is 18.1 Å². The number of hydrogen-bond donors (Lipinski definition) is 1. The van der Waals surface area contributed by atoms with Crippen LogP contribution >= 0.6 is 31.9 Å². The molecule has 0 aromatic heterocycles. The maximum atomic E-state index is 12.0. The minimum Gasteiger partial charge on any atom is -0.482 e. The number of ether oxygens (including phenoxy) is 1. The van der Waals surface area contributed by atoms with E-state index < -0.39 is 0 Å². The number of rotatable bonds is 5. The monoisotopic (exact) mass is 425 g/mol.